The van der Waals surface area contributed by atoms with E-state index in [1.165, 1.54) is 4.68 Å². The van der Waals surface area contributed by atoms with Gasteiger partial charge in [-0.15, -0.1) is 0 Å². The number of nitrogens with one attached hydrogen (secondary N) is 2. The van der Waals surface area contributed by atoms with Crippen LogP contribution in [-0.4, -0.2) is 31.4 Å². The van der Waals surface area contributed by atoms with Gasteiger partial charge in [0.05, 0.1) is 11.4 Å². The smallest absolute Gasteiger partial charge is 0.271 e. The van der Waals surface area contributed by atoms with E-state index < -0.39 is 5.91 Å². The summed E-state index contributed by atoms with van der Waals surface area (Å²) in [7, 11) is 1.70. The molecule has 0 atom stereocenters. The third-order valence-electron chi connectivity index (χ3n) is 3.59. The van der Waals surface area contributed by atoms with E-state index in [2.05, 4.69) is 21.0 Å². The summed E-state index contributed by atoms with van der Waals surface area (Å²) in [5, 5.41) is 8.55. The molecule has 0 spiro atoms. The minimum atomic E-state index is -0.415. The van der Waals surface area contributed by atoms with Gasteiger partial charge in [-0.05, 0) is 26.0 Å². The molecule has 0 bridgehead atoms. The van der Waals surface area contributed by atoms with Gasteiger partial charge in [0, 0.05) is 18.2 Å². The molecule has 24 heavy (non-hydrogen) atoms. The summed E-state index contributed by atoms with van der Waals surface area (Å²) in [5.41, 5.74) is 7.57. The van der Waals surface area contributed by atoms with Crippen molar-refractivity contribution in [1.29, 1.82) is 0 Å². The van der Waals surface area contributed by atoms with E-state index in [1.807, 2.05) is 40.7 Å². The van der Waals surface area contributed by atoms with Crippen molar-refractivity contribution >= 4 is 11.8 Å². The minimum absolute atomic E-state index is 0.0403. The second-order valence-corrected chi connectivity index (χ2v) is 6.88. The lowest BCUT2D eigenvalue weighted by Crippen LogP contribution is -2.43. The molecular weight excluding hydrogens is 308 g/mol. The van der Waals surface area contributed by atoms with E-state index in [-0.39, 0.29) is 17.9 Å². The average Bonchev–Trinajstić information content (AvgIpc) is 2.99. The molecule has 0 aromatic carbocycles. The number of carbonyl (C=O) groups is 2. The van der Waals surface area contributed by atoms with Crippen molar-refractivity contribution in [1.82, 2.24) is 30.4 Å². The van der Waals surface area contributed by atoms with Crippen LogP contribution in [0.15, 0.2) is 12.1 Å². The van der Waals surface area contributed by atoms with Crippen molar-refractivity contribution in [3.8, 4) is 0 Å². The van der Waals surface area contributed by atoms with Crippen molar-refractivity contribution in [2.75, 3.05) is 0 Å². The Balaban J connectivity index is 1.97. The van der Waals surface area contributed by atoms with Gasteiger partial charge in [0.2, 0.25) is 0 Å². The first-order valence-electron chi connectivity index (χ1n) is 7.72. The van der Waals surface area contributed by atoms with Crippen molar-refractivity contribution in [3.05, 3.63) is 34.9 Å². The number of hydrogen-bond acceptors (Lipinski definition) is 4. The first kappa shape index (κ1) is 17.7. The Kier molecular flexibility index (Phi) is 4.77. The van der Waals surface area contributed by atoms with E-state index in [1.54, 1.807) is 17.8 Å². The van der Waals surface area contributed by atoms with Crippen LogP contribution in [0.4, 0.5) is 0 Å². The lowest BCUT2D eigenvalue weighted by atomic mass is 9.92. The van der Waals surface area contributed by atoms with Crippen LogP contribution < -0.4 is 10.9 Å². The van der Waals surface area contributed by atoms with Crippen LogP contribution >= 0.6 is 0 Å². The quantitative estimate of drug-likeness (QED) is 0.820. The molecule has 2 aromatic rings. The molecule has 2 N–H and O–H groups in total. The Bertz CT molecular complexity index is 766. The lowest BCUT2D eigenvalue weighted by Gasteiger charge is -2.13. The molecule has 0 radical (unpaired) electrons. The zero-order valence-corrected chi connectivity index (χ0v) is 15.0. The van der Waals surface area contributed by atoms with Gasteiger partial charge >= 0.3 is 0 Å². The number of carbonyl (C=O) groups excluding carboxylic acids is 2. The van der Waals surface area contributed by atoms with Gasteiger partial charge in [0.15, 0.2) is 0 Å². The summed E-state index contributed by atoms with van der Waals surface area (Å²) in [6.07, 6.45) is 0. The minimum Gasteiger partial charge on any atom is -0.271 e. The number of hydrogen-bond donors (Lipinski definition) is 2. The molecule has 2 rings (SSSR count). The van der Waals surface area contributed by atoms with Gasteiger partial charge in [0.1, 0.15) is 12.2 Å². The Morgan fingerprint density at radius 1 is 1.12 bits per heavy atom. The fraction of sp³-hybridized carbons (Fsp3) is 0.500. The second kappa shape index (κ2) is 6.46. The lowest BCUT2D eigenvalue weighted by molar-refractivity contribution is -0.122. The molecule has 0 saturated heterocycles. The van der Waals surface area contributed by atoms with Gasteiger partial charge in [0.25, 0.3) is 11.8 Å². The largest absolute Gasteiger partial charge is 0.287 e. The monoisotopic (exact) mass is 332 g/mol. The summed E-state index contributed by atoms with van der Waals surface area (Å²) in [6, 6.07) is 3.61. The van der Waals surface area contributed by atoms with Crippen molar-refractivity contribution in [3.63, 3.8) is 0 Å². The summed E-state index contributed by atoms with van der Waals surface area (Å²) in [5.74, 6) is -0.769. The predicted molar refractivity (Wildman–Crippen MR) is 89.2 cm³/mol. The maximum Gasteiger partial charge on any atom is 0.287 e. The molecule has 2 amide bonds. The van der Waals surface area contributed by atoms with Crippen LogP contribution in [0.1, 0.15) is 48.3 Å². The SMILES string of the molecule is Cc1cc(C)n(CC(=O)NNC(=O)c2cc(C(C)(C)C)nn2C)n1. The van der Waals surface area contributed by atoms with Crippen LogP contribution in [0.2, 0.25) is 0 Å². The number of nitrogens with zero attached hydrogens (tertiary/aromatic N) is 4. The van der Waals surface area contributed by atoms with Crippen LogP contribution in [0.3, 0.4) is 0 Å². The highest BCUT2D eigenvalue weighted by Gasteiger charge is 2.22. The fourth-order valence-corrected chi connectivity index (χ4v) is 2.25. The molecule has 0 aliphatic carbocycles. The molecule has 130 valence electrons. The summed E-state index contributed by atoms with van der Waals surface area (Å²) in [6.45, 7) is 9.83. The Labute approximate surface area is 141 Å². The molecule has 2 heterocycles. The number of amides is 2. The normalized spacial score (nSPS) is 11.4. The van der Waals surface area contributed by atoms with E-state index >= 15 is 0 Å². The molecule has 8 heteroatoms. The summed E-state index contributed by atoms with van der Waals surface area (Å²) in [4.78, 5) is 24.2. The zero-order valence-electron chi connectivity index (χ0n) is 15.0. The highest BCUT2D eigenvalue weighted by molar-refractivity contribution is 5.94. The molecule has 0 fully saturated rings. The van der Waals surface area contributed by atoms with Crippen LogP contribution in [0, 0.1) is 13.8 Å². The highest BCUT2D eigenvalue weighted by Crippen LogP contribution is 2.21. The Morgan fingerprint density at radius 2 is 1.79 bits per heavy atom. The standard InChI is InChI=1S/C16H24N6O2/c1-10-7-11(2)22(19-10)9-14(23)17-18-15(24)12-8-13(16(3,4)5)20-21(12)6/h7-8H,9H2,1-6H3,(H,17,23)(H,18,24). The molecule has 0 aliphatic heterocycles. The molecule has 0 unspecified atom stereocenters. The van der Waals surface area contributed by atoms with E-state index in [0.29, 0.717) is 5.69 Å². The maximum absolute atomic E-state index is 12.2. The summed E-state index contributed by atoms with van der Waals surface area (Å²) >= 11 is 0. The van der Waals surface area contributed by atoms with E-state index in [4.69, 9.17) is 0 Å². The highest BCUT2D eigenvalue weighted by atomic mass is 16.2. The predicted octanol–water partition coefficient (Wildman–Crippen LogP) is 0.992. The van der Waals surface area contributed by atoms with Gasteiger partial charge in [-0.3, -0.25) is 29.8 Å². The summed E-state index contributed by atoms with van der Waals surface area (Å²) < 4.78 is 3.09. The zero-order chi connectivity index (χ0) is 18.1. The first-order valence-corrected chi connectivity index (χ1v) is 7.72. The number of aryl methyl sites for hydroxylation is 3. The maximum atomic E-state index is 12.2. The third-order valence-corrected chi connectivity index (χ3v) is 3.59. The fourth-order valence-electron chi connectivity index (χ4n) is 2.25. The number of rotatable bonds is 3. The van der Waals surface area contributed by atoms with Gasteiger partial charge in [-0.2, -0.15) is 10.2 Å². The topological polar surface area (TPSA) is 93.8 Å². The first-order chi connectivity index (χ1) is 11.1. The van der Waals surface area contributed by atoms with Crippen molar-refractivity contribution in [2.45, 2.75) is 46.6 Å². The van der Waals surface area contributed by atoms with Crippen molar-refractivity contribution < 1.29 is 9.59 Å². The van der Waals surface area contributed by atoms with Gasteiger partial charge < -0.3 is 0 Å². The van der Waals surface area contributed by atoms with Gasteiger partial charge in [-0.25, -0.2) is 0 Å². The van der Waals surface area contributed by atoms with Gasteiger partial charge in [-0.1, -0.05) is 20.8 Å². The van der Waals surface area contributed by atoms with Crippen LogP contribution in [-0.2, 0) is 23.8 Å². The van der Waals surface area contributed by atoms with Crippen molar-refractivity contribution in [2.24, 2.45) is 7.05 Å². The molecule has 8 nitrogen and oxygen atoms in total. The Morgan fingerprint density at radius 3 is 2.29 bits per heavy atom. The van der Waals surface area contributed by atoms with Crippen LogP contribution in [0.25, 0.3) is 0 Å². The average molecular weight is 332 g/mol. The third kappa shape index (κ3) is 4.01. The Hall–Kier alpha value is -2.64. The van der Waals surface area contributed by atoms with Crippen LogP contribution in [0.5, 0.6) is 0 Å². The second-order valence-electron chi connectivity index (χ2n) is 6.88. The number of aromatic nitrogens is 4. The molecular formula is C16H24N6O2. The number of hydrazine groups is 1. The van der Waals surface area contributed by atoms with E-state index in [9.17, 15) is 9.59 Å². The molecule has 0 aliphatic rings. The molecule has 0 saturated carbocycles. The van der Waals surface area contributed by atoms with E-state index in [0.717, 1.165) is 17.1 Å². The molecule has 2 aromatic heterocycles.